The summed E-state index contributed by atoms with van der Waals surface area (Å²) < 4.78 is 0. The van der Waals surface area contributed by atoms with Gasteiger partial charge in [0.15, 0.2) is 0 Å². The van der Waals surface area contributed by atoms with Crippen LogP contribution in [0.4, 0.5) is 0 Å². The van der Waals surface area contributed by atoms with E-state index in [0.717, 1.165) is 13.0 Å². The molecule has 2 N–H and O–H groups in total. The molecule has 0 aromatic carbocycles. The lowest BCUT2D eigenvalue weighted by molar-refractivity contribution is 0.399. The summed E-state index contributed by atoms with van der Waals surface area (Å²) >= 11 is 1.80. The van der Waals surface area contributed by atoms with Crippen LogP contribution in [-0.2, 0) is 0 Å². The van der Waals surface area contributed by atoms with E-state index >= 15 is 0 Å². The molecule has 1 fully saturated rings. The van der Waals surface area contributed by atoms with Gasteiger partial charge in [0.2, 0.25) is 0 Å². The van der Waals surface area contributed by atoms with Crippen molar-refractivity contribution in [3.63, 3.8) is 0 Å². The molecule has 1 aromatic heterocycles. The van der Waals surface area contributed by atoms with Gasteiger partial charge in [-0.3, -0.25) is 0 Å². The van der Waals surface area contributed by atoms with E-state index in [1.807, 2.05) is 0 Å². The summed E-state index contributed by atoms with van der Waals surface area (Å²) in [6, 6.07) is 2.24. The normalized spacial score (nSPS) is 21.7. The van der Waals surface area contributed by atoms with Crippen LogP contribution in [0.2, 0.25) is 0 Å². The molecule has 0 spiro atoms. The zero-order valence-corrected chi connectivity index (χ0v) is 8.10. The van der Waals surface area contributed by atoms with Gasteiger partial charge in [-0.05, 0) is 41.3 Å². The third-order valence-electron chi connectivity index (χ3n) is 2.07. The summed E-state index contributed by atoms with van der Waals surface area (Å²) in [5.74, 6) is 0.797. The van der Waals surface area contributed by atoms with Gasteiger partial charge in [0.25, 0.3) is 0 Å². The molecule has 1 aliphatic rings. The minimum atomic E-state index is 0.797. The van der Waals surface area contributed by atoms with Gasteiger partial charge in [-0.25, -0.2) is 0 Å². The van der Waals surface area contributed by atoms with Crippen LogP contribution in [0.15, 0.2) is 16.8 Å². The number of hydrogen-bond acceptors (Lipinski definition) is 3. The van der Waals surface area contributed by atoms with E-state index in [9.17, 15) is 0 Å². The Morgan fingerprint density at radius 3 is 2.92 bits per heavy atom. The highest BCUT2D eigenvalue weighted by Gasteiger charge is 2.15. The Hall–Kier alpha value is -0.380. The van der Waals surface area contributed by atoms with Crippen LogP contribution in [0.25, 0.3) is 0 Å². The molecule has 0 amide bonds. The standard InChI is InChI=1S/C8H11NS.CH4O/c1-3-9-5-7(1)8-2-4-10-6-8;1-2/h2,4,6-7,9H,1,3,5H2;2H,1H3/t7-;/m1./s1. The second kappa shape index (κ2) is 5.30. The third-order valence-corrected chi connectivity index (χ3v) is 2.78. The zero-order chi connectivity index (χ0) is 8.81. The molecule has 0 saturated carbocycles. The predicted molar refractivity (Wildman–Crippen MR) is 52.7 cm³/mol. The fraction of sp³-hybridized carbons (Fsp3) is 0.556. The number of rotatable bonds is 1. The van der Waals surface area contributed by atoms with Crippen molar-refractivity contribution < 1.29 is 5.11 Å². The lowest BCUT2D eigenvalue weighted by Crippen LogP contribution is -2.07. The fourth-order valence-electron chi connectivity index (χ4n) is 1.45. The minimum Gasteiger partial charge on any atom is -0.400 e. The van der Waals surface area contributed by atoms with Crippen LogP contribution in [0.3, 0.4) is 0 Å². The molecule has 0 bridgehead atoms. The lowest BCUT2D eigenvalue weighted by atomic mass is 10.0. The van der Waals surface area contributed by atoms with E-state index in [0.29, 0.717) is 0 Å². The Bertz CT molecular complexity index is 192. The molecule has 1 aliphatic heterocycles. The van der Waals surface area contributed by atoms with Gasteiger partial charge in [0.1, 0.15) is 0 Å². The molecular formula is C9H15NOS. The molecule has 0 radical (unpaired) electrons. The van der Waals surface area contributed by atoms with Crippen molar-refractivity contribution >= 4 is 11.3 Å². The van der Waals surface area contributed by atoms with Gasteiger partial charge >= 0.3 is 0 Å². The van der Waals surface area contributed by atoms with E-state index in [-0.39, 0.29) is 0 Å². The Morgan fingerprint density at radius 1 is 1.58 bits per heavy atom. The first-order chi connectivity index (χ1) is 5.97. The molecular weight excluding hydrogens is 170 g/mol. The first-order valence-corrected chi connectivity index (χ1v) is 5.08. The molecule has 12 heavy (non-hydrogen) atoms. The quantitative estimate of drug-likeness (QED) is 0.694. The first-order valence-electron chi connectivity index (χ1n) is 4.14. The SMILES string of the molecule is CO.c1cc([C@@H]2CCNC2)cs1. The summed E-state index contributed by atoms with van der Waals surface area (Å²) in [5, 5.41) is 14.8. The minimum absolute atomic E-state index is 0.797. The van der Waals surface area contributed by atoms with Crippen LogP contribution in [0.1, 0.15) is 17.9 Å². The lowest BCUT2D eigenvalue weighted by Gasteiger charge is -2.02. The van der Waals surface area contributed by atoms with Crippen LogP contribution in [0, 0.1) is 0 Å². The summed E-state index contributed by atoms with van der Waals surface area (Å²) in [6.07, 6.45) is 1.32. The number of nitrogens with one attached hydrogen (secondary N) is 1. The van der Waals surface area contributed by atoms with Crippen molar-refractivity contribution in [3.8, 4) is 0 Å². The van der Waals surface area contributed by atoms with Crippen molar-refractivity contribution in [2.75, 3.05) is 20.2 Å². The average Bonchev–Trinajstić information content (AvgIpc) is 2.80. The van der Waals surface area contributed by atoms with E-state index in [1.54, 1.807) is 11.3 Å². The predicted octanol–water partition coefficient (Wildman–Crippen LogP) is 1.43. The van der Waals surface area contributed by atoms with Crippen LogP contribution < -0.4 is 5.32 Å². The molecule has 2 heterocycles. The summed E-state index contributed by atoms with van der Waals surface area (Å²) in [4.78, 5) is 0. The van der Waals surface area contributed by atoms with Gasteiger partial charge in [0.05, 0.1) is 0 Å². The zero-order valence-electron chi connectivity index (χ0n) is 7.29. The second-order valence-corrected chi connectivity index (χ2v) is 3.53. The van der Waals surface area contributed by atoms with Crippen LogP contribution >= 0.6 is 11.3 Å². The van der Waals surface area contributed by atoms with Crippen LogP contribution in [0.5, 0.6) is 0 Å². The molecule has 0 unspecified atom stereocenters. The molecule has 1 saturated heterocycles. The van der Waals surface area contributed by atoms with Gasteiger partial charge < -0.3 is 10.4 Å². The topological polar surface area (TPSA) is 32.3 Å². The number of aliphatic hydroxyl groups excluding tert-OH is 1. The molecule has 1 aromatic rings. The van der Waals surface area contributed by atoms with E-state index in [4.69, 9.17) is 5.11 Å². The molecule has 0 aliphatic carbocycles. The van der Waals surface area contributed by atoms with E-state index in [1.165, 1.54) is 25.1 Å². The third kappa shape index (κ3) is 2.30. The monoisotopic (exact) mass is 185 g/mol. The molecule has 1 atom stereocenters. The van der Waals surface area contributed by atoms with Gasteiger partial charge in [0, 0.05) is 13.7 Å². The molecule has 2 rings (SSSR count). The van der Waals surface area contributed by atoms with Crippen molar-refractivity contribution in [2.24, 2.45) is 0 Å². The first kappa shape index (κ1) is 9.71. The maximum absolute atomic E-state index is 7.00. The van der Waals surface area contributed by atoms with Crippen LogP contribution in [-0.4, -0.2) is 25.3 Å². The highest BCUT2D eigenvalue weighted by atomic mass is 32.1. The Balaban J connectivity index is 0.000000336. The summed E-state index contributed by atoms with van der Waals surface area (Å²) in [7, 11) is 1.00. The Labute approximate surface area is 77.2 Å². The fourth-order valence-corrected chi connectivity index (χ4v) is 2.19. The maximum Gasteiger partial charge on any atom is 0.0319 e. The number of aliphatic hydroxyl groups is 1. The average molecular weight is 185 g/mol. The highest BCUT2D eigenvalue weighted by Crippen LogP contribution is 2.23. The van der Waals surface area contributed by atoms with Crippen molar-refractivity contribution in [1.82, 2.24) is 5.32 Å². The van der Waals surface area contributed by atoms with Crippen molar-refractivity contribution in [1.29, 1.82) is 0 Å². The second-order valence-electron chi connectivity index (χ2n) is 2.75. The maximum atomic E-state index is 7.00. The highest BCUT2D eigenvalue weighted by molar-refractivity contribution is 7.07. The Kier molecular flexibility index (Phi) is 4.29. The summed E-state index contributed by atoms with van der Waals surface area (Å²) in [5.41, 5.74) is 1.52. The van der Waals surface area contributed by atoms with Gasteiger partial charge in [-0.1, -0.05) is 0 Å². The number of hydrogen-bond donors (Lipinski definition) is 2. The molecule has 2 nitrogen and oxygen atoms in total. The number of thiophene rings is 1. The van der Waals surface area contributed by atoms with E-state index in [2.05, 4.69) is 22.1 Å². The molecule has 3 heteroatoms. The van der Waals surface area contributed by atoms with E-state index < -0.39 is 0 Å². The Morgan fingerprint density at radius 2 is 2.42 bits per heavy atom. The van der Waals surface area contributed by atoms with Gasteiger partial charge in [-0.15, -0.1) is 0 Å². The van der Waals surface area contributed by atoms with Gasteiger partial charge in [-0.2, -0.15) is 11.3 Å². The molecule has 68 valence electrons. The summed E-state index contributed by atoms with van der Waals surface area (Å²) in [6.45, 7) is 2.37. The van der Waals surface area contributed by atoms with Crippen molar-refractivity contribution in [2.45, 2.75) is 12.3 Å². The smallest absolute Gasteiger partial charge is 0.0319 e. The largest absolute Gasteiger partial charge is 0.400 e. The van der Waals surface area contributed by atoms with Crippen molar-refractivity contribution in [3.05, 3.63) is 22.4 Å².